The van der Waals surface area contributed by atoms with Crippen molar-refractivity contribution in [2.75, 3.05) is 0 Å². The molecule has 1 atom stereocenters. The first-order valence-corrected chi connectivity index (χ1v) is 6.25. The summed E-state index contributed by atoms with van der Waals surface area (Å²) in [5, 5.41) is 1.10. The maximum Gasteiger partial charge on any atom is 0.0998 e. The quantitative estimate of drug-likeness (QED) is 0.736. The molecule has 3 heteroatoms. The Hall–Kier alpha value is -0.410. The number of thioether (sulfide) groups is 1. The number of hydrogen-bond donors (Lipinski definition) is 1. The van der Waals surface area contributed by atoms with Gasteiger partial charge in [0.15, 0.2) is 0 Å². The van der Waals surface area contributed by atoms with Crippen molar-refractivity contribution >= 4 is 29.4 Å². The second-order valence-corrected chi connectivity index (χ2v) is 7.03. The number of aliphatic imine (C=N–C) groups is 1. The minimum Gasteiger partial charge on any atom is -0.269 e. The zero-order valence-corrected chi connectivity index (χ0v) is 10.9. The van der Waals surface area contributed by atoms with Gasteiger partial charge < -0.3 is 0 Å². The minimum atomic E-state index is -0.127. The molecule has 0 saturated carbocycles. The fourth-order valence-corrected chi connectivity index (χ4v) is 2.91. The van der Waals surface area contributed by atoms with Crippen LogP contribution in [0.3, 0.4) is 0 Å². The standard InChI is InChI=1S/C12H15NS2/c1-11(2)12(3,14)15-10(13-11)9-7-5-4-6-8-9/h4-8,14H,1-3H3. The van der Waals surface area contributed by atoms with Crippen molar-refractivity contribution in [1.29, 1.82) is 0 Å². The van der Waals surface area contributed by atoms with Gasteiger partial charge in [-0.15, -0.1) is 0 Å². The van der Waals surface area contributed by atoms with E-state index in [1.54, 1.807) is 11.8 Å². The van der Waals surface area contributed by atoms with Gasteiger partial charge in [0, 0.05) is 5.56 Å². The van der Waals surface area contributed by atoms with Crippen LogP contribution in [0, 0.1) is 0 Å². The van der Waals surface area contributed by atoms with Crippen LogP contribution in [0.25, 0.3) is 0 Å². The van der Waals surface area contributed by atoms with Gasteiger partial charge in [-0.05, 0) is 20.8 Å². The van der Waals surface area contributed by atoms with Crippen LogP contribution >= 0.6 is 24.4 Å². The number of benzene rings is 1. The molecule has 0 saturated heterocycles. The third-order valence-electron chi connectivity index (χ3n) is 2.83. The van der Waals surface area contributed by atoms with Crippen molar-refractivity contribution in [1.82, 2.24) is 0 Å². The molecule has 1 nitrogen and oxygen atoms in total. The van der Waals surface area contributed by atoms with Crippen LogP contribution in [0.2, 0.25) is 0 Å². The summed E-state index contributed by atoms with van der Waals surface area (Å²) in [6.45, 7) is 6.38. The van der Waals surface area contributed by atoms with Crippen LogP contribution in [0.4, 0.5) is 0 Å². The highest BCUT2D eigenvalue weighted by molar-refractivity contribution is 8.23. The van der Waals surface area contributed by atoms with Crippen molar-refractivity contribution < 1.29 is 0 Å². The maximum absolute atomic E-state index is 4.75. The molecule has 80 valence electrons. The second kappa shape index (κ2) is 3.56. The molecule has 2 rings (SSSR count). The second-order valence-electron chi connectivity index (χ2n) is 4.43. The first-order chi connectivity index (χ1) is 6.92. The van der Waals surface area contributed by atoms with Gasteiger partial charge in [0.2, 0.25) is 0 Å². The first-order valence-electron chi connectivity index (χ1n) is 4.99. The number of nitrogens with zero attached hydrogens (tertiary/aromatic N) is 1. The van der Waals surface area contributed by atoms with E-state index in [1.807, 2.05) is 18.2 Å². The molecule has 0 bridgehead atoms. The molecule has 1 aromatic carbocycles. The fourth-order valence-electron chi connectivity index (χ4n) is 1.40. The van der Waals surface area contributed by atoms with Gasteiger partial charge in [0.05, 0.1) is 14.7 Å². The monoisotopic (exact) mass is 237 g/mol. The van der Waals surface area contributed by atoms with Gasteiger partial charge in [-0.25, -0.2) is 0 Å². The predicted octanol–water partition coefficient (Wildman–Crippen LogP) is 3.60. The van der Waals surface area contributed by atoms with E-state index in [9.17, 15) is 0 Å². The lowest BCUT2D eigenvalue weighted by atomic mass is 10.0. The lowest BCUT2D eigenvalue weighted by molar-refractivity contribution is 0.503. The smallest absolute Gasteiger partial charge is 0.0998 e. The molecule has 1 unspecified atom stereocenters. The average molecular weight is 237 g/mol. The lowest BCUT2D eigenvalue weighted by Crippen LogP contribution is -2.34. The topological polar surface area (TPSA) is 12.4 Å². The van der Waals surface area contributed by atoms with E-state index in [-0.39, 0.29) is 9.62 Å². The zero-order valence-electron chi connectivity index (χ0n) is 9.19. The molecule has 0 aromatic heterocycles. The van der Waals surface area contributed by atoms with Crippen LogP contribution in [0.1, 0.15) is 26.3 Å². The van der Waals surface area contributed by atoms with E-state index in [0.717, 1.165) is 5.04 Å². The number of hydrogen-bond acceptors (Lipinski definition) is 3. The third kappa shape index (κ3) is 1.95. The van der Waals surface area contributed by atoms with Crippen molar-refractivity contribution in [3.05, 3.63) is 35.9 Å². The molecule has 0 N–H and O–H groups in total. The van der Waals surface area contributed by atoms with Crippen LogP contribution < -0.4 is 0 Å². The van der Waals surface area contributed by atoms with E-state index in [2.05, 4.69) is 45.5 Å². The highest BCUT2D eigenvalue weighted by Crippen LogP contribution is 2.49. The summed E-state index contributed by atoms with van der Waals surface area (Å²) < 4.78 is -0.127. The molecule has 0 radical (unpaired) electrons. The van der Waals surface area contributed by atoms with Crippen molar-refractivity contribution in [2.24, 2.45) is 4.99 Å². The molecule has 15 heavy (non-hydrogen) atoms. The minimum absolute atomic E-state index is 0.119. The van der Waals surface area contributed by atoms with Crippen molar-refractivity contribution in [3.8, 4) is 0 Å². The summed E-state index contributed by atoms with van der Waals surface area (Å²) in [7, 11) is 0. The molecule has 0 spiro atoms. The van der Waals surface area contributed by atoms with E-state index in [0.29, 0.717) is 0 Å². The van der Waals surface area contributed by atoms with Crippen LogP contribution in [-0.4, -0.2) is 14.7 Å². The Morgan fingerprint density at radius 1 is 1.13 bits per heavy atom. The Morgan fingerprint density at radius 3 is 2.20 bits per heavy atom. The Morgan fingerprint density at radius 2 is 1.73 bits per heavy atom. The van der Waals surface area contributed by atoms with Crippen molar-refractivity contribution in [2.45, 2.75) is 30.4 Å². The van der Waals surface area contributed by atoms with Gasteiger partial charge in [-0.3, -0.25) is 4.99 Å². The SMILES string of the molecule is CC1(C)N=C(c2ccccc2)SC1(C)S. The van der Waals surface area contributed by atoms with E-state index >= 15 is 0 Å². The summed E-state index contributed by atoms with van der Waals surface area (Å²) in [6.07, 6.45) is 0. The van der Waals surface area contributed by atoms with Gasteiger partial charge in [0.25, 0.3) is 0 Å². The van der Waals surface area contributed by atoms with Crippen LogP contribution in [-0.2, 0) is 0 Å². The molecule has 1 aliphatic rings. The fraction of sp³-hybridized carbons (Fsp3) is 0.417. The summed E-state index contributed by atoms with van der Waals surface area (Å²) in [6, 6.07) is 10.3. The Balaban J connectivity index is 2.37. The lowest BCUT2D eigenvalue weighted by Gasteiger charge is -2.29. The summed E-state index contributed by atoms with van der Waals surface area (Å²) >= 11 is 6.43. The first kappa shape index (κ1) is 11.1. The highest BCUT2D eigenvalue weighted by Gasteiger charge is 2.45. The molecule has 1 aliphatic heterocycles. The number of thiol groups is 1. The Labute approximate surface area is 101 Å². The molecular formula is C12H15NS2. The summed E-state index contributed by atoms with van der Waals surface area (Å²) in [5.74, 6) is 0. The molecule has 1 aromatic rings. The Kier molecular flexibility index (Phi) is 2.63. The highest BCUT2D eigenvalue weighted by atomic mass is 32.2. The molecule has 1 heterocycles. The van der Waals surface area contributed by atoms with Crippen LogP contribution in [0.15, 0.2) is 35.3 Å². The molecule has 0 fully saturated rings. The Bertz CT molecular complexity index is 393. The largest absolute Gasteiger partial charge is 0.269 e. The third-order valence-corrected chi connectivity index (χ3v) is 5.07. The predicted molar refractivity (Wildman–Crippen MR) is 72.0 cm³/mol. The molecule has 0 amide bonds. The number of rotatable bonds is 1. The zero-order chi connectivity index (χ0) is 11.1. The van der Waals surface area contributed by atoms with E-state index in [1.165, 1.54) is 5.56 Å². The molecular weight excluding hydrogens is 222 g/mol. The van der Waals surface area contributed by atoms with Gasteiger partial charge >= 0.3 is 0 Å². The summed E-state index contributed by atoms with van der Waals surface area (Å²) in [4.78, 5) is 4.75. The van der Waals surface area contributed by atoms with Crippen molar-refractivity contribution in [3.63, 3.8) is 0 Å². The molecule has 0 aliphatic carbocycles. The van der Waals surface area contributed by atoms with Gasteiger partial charge in [0.1, 0.15) is 0 Å². The summed E-state index contributed by atoms with van der Waals surface area (Å²) in [5.41, 5.74) is 1.07. The normalized spacial score (nSPS) is 28.9. The van der Waals surface area contributed by atoms with Gasteiger partial charge in [-0.1, -0.05) is 42.1 Å². The average Bonchev–Trinajstić information content (AvgIpc) is 2.38. The maximum atomic E-state index is 4.75. The van der Waals surface area contributed by atoms with E-state index in [4.69, 9.17) is 4.99 Å². The van der Waals surface area contributed by atoms with Crippen LogP contribution in [0.5, 0.6) is 0 Å². The van der Waals surface area contributed by atoms with Gasteiger partial charge in [-0.2, -0.15) is 12.6 Å². The van der Waals surface area contributed by atoms with E-state index < -0.39 is 0 Å².